The molecule has 2 aliphatic rings. The quantitative estimate of drug-likeness (QED) is 0.161. The van der Waals surface area contributed by atoms with Crippen LogP contribution < -0.4 is 9.47 Å². The molecule has 2 saturated heterocycles. The third kappa shape index (κ3) is 5.94. The molecule has 2 heterocycles. The molecule has 0 bridgehead atoms. The van der Waals surface area contributed by atoms with E-state index >= 15 is 0 Å². The van der Waals surface area contributed by atoms with Crippen molar-refractivity contribution in [3.8, 4) is 11.5 Å². The molecular weight excluding hydrogens is 568 g/mol. The highest BCUT2D eigenvalue weighted by molar-refractivity contribution is 5.97. The molecule has 4 atom stereocenters. The first-order chi connectivity index (χ1) is 21.3. The van der Waals surface area contributed by atoms with Gasteiger partial charge in [0.05, 0.1) is 24.3 Å². The topological polar surface area (TPSA) is 124 Å². The summed E-state index contributed by atoms with van der Waals surface area (Å²) >= 11 is 0. The van der Waals surface area contributed by atoms with Crippen LogP contribution in [0.4, 0.5) is 0 Å². The lowest BCUT2D eigenvalue weighted by Crippen LogP contribution is -2.36. The Morgan fingerprint density at radius 3 is 1.39 bits per heavy atom. The minimum Gasteiger partial charge on any atom is -0.453 e. The van der Waals surface area contributed by atoms with Crippen molar-refractivity contribution in [3.05, 3.63) is 109 Å². The Kier molecular flexibility index (Phi) is 7.93. The van der Waals surface area contributed by atoms with Gasteiger partial charge in [-0.1, -0.05) is 37.4 Å². The molecule has 4 aromatic rings. The summed E-state index contributed by atoms with van der Waals surface area (Å²) in [7, 11) is 0. The van der Waals surface area contributed by atoms with E-state index < -0.39 is 48.3 Å². The molecule has 44 heavy (non-hydrogen) atoms. The maximum Gasteiger partial charge on any atom is 0.338 e. The van der Waals surface area contributed by atoms with Crippen LogP contribution in [0.25, 0.3) is 21.5 Å². The summed E-state index contributed by atoms with van der Waals surface area (Å²) in [4.78, 5) is 48.9. The number of hydrogen-bond donors (Lipinski definition) is 0. The number of benzene rings is 4. The SMILES string of the molecule is C=CC(=O)Oc1ccc2cc(C(=O)OC3COC4C3OC[C@@H]4OC(=O)c3ccc4cc(OC(=O)C=C)ccc4c3)ccc2c1. The van der Waals surface area contributed by atoms with E-state index in [1.54, 1.807) is 72.8 Å². The third-order valence-corrected chi connectivity index (χ3v) is 7.34. The van der Waals surface area contributed by atoms with Crippen molar-refractivity contribution in [2.45, 2.75) is 24.4 Å². The molecule has 0 radical (unpaired) electrons. The number of hydrogen-bond acceptors (Lipinski definition) is 10. The summed E-state index contributed by atoms with van der Waals surface area (Å²) in [5, 5.41) is 3.06. The van der Waals surface area contributed by atoms with Crippen LogP contribution in [0.3, 0.4) is 0 Å². The number of carbonyl (C=O) groups is 4. The second-order valence-corrected chi connectivity index (χ2v) is 10.2. The van der Waals surface area contributed by atoms with Gasteiger partial charge in [-0.25, -0.2) is 19.2 Å². The predicted octanol–water partition coefficient (Wildman–Crippen LogP) is 4.72. The van der Waals surface area contributed by atoms with Gasteiger partial charge < -0.3 is 28.4 Å². The van der Waals surface area contributed by atoms with E-state index in [4.69, 9.17) is 28.4 Å². The molecule has 0 amide bonds. The van der Waals surface area contributed by atoms with E-state index in [-0.39, 0.29) is 13.2 Å². The van der Waals surface area contributed by atoms with Gasteiger partial charge in [0.2, 0.25) is 0 Å². The van der Waals surface area contributed by atoms with Crippen LogP contribution in [-0.4, -0.2) is 61.5 Å². The van der Waals surface area contributed by atoms with Gasteiger partial charge in [0, 0.05) is 12.2 Å². The van der Waals surface area contributed by atoms with Gasteiger partial charge in [-0.3, -0.25) is 0 Å². The van der Waals surface area contributed by atoms with Crippen molar-refractivity contribution in [2.75, 3.05) is 13.2 Å². The molecule has 2 fully saturated rings. The van der Waals surface area contributed by atoms with Crippen LogP contribution >= 0.6 is 0 Å². The van der Waals surface area contributed by atoms with E-state index in [0.29, 0.717) is 22.6 Å². The summed E-state index contributed by atoms with van der Waals surface area (Å²) in [6, 6.07) is 20.2. The molecule has 4 aromatic carbocycles. The smallest absolute Gasteiger partial charge is 0.338 e. The van der Waals surface area contributed by atoms with Crippen LogP contribution in [0.15, 0.2) is 98.1 Å². The molecular formula is C34H26O10. The van der Waals surface area contributed by atoms with Crippen molar-refractivity contribution in [1.29, 1.82) is 0 Å². The van der Waals surface area contributed by atoms with Crippen LogP contribution in [-0.2, 0) is 28.5 Å². The minimum absolute atomic E-state index is 0.0927. The van der Waals surface area contributed by atoms with Crippen molar-refractivity contribution in [2.24, 2.45) is 0 Å². The van der Waals surface area contributed by atoms with Crippen LogP contribution in [0, 0.1) is 0 Å². The fourth-order valence-electron chi connectivity index (χ4n) is 5.19. The largest absolute Gasteiger partial charge is 0.453 e. The van der Waals surface area contributed by atoms with Crippen LogP contribution in [0.5, 0.6) is 11.5 Å². The van der Waals surface area contributed by atoms with Crippen LogP contribution in [0.2, 0.25) is 0 Å². The van der Waals surface area contributed by atoms with E-state index in [0.717, 1.165) is 33.7 Å². The Morgan fingerprint density at radius 1 is 0.591 bits per heavy atom. The van der Waals surface area contributed by atoms with Gasteiger partial charge in [0.25, 0.3) is 0 Å². The standard InChI is InChI=1S/C34H26O10/c1-3-29(35)41-25-11-9-19-13-23(7-5-21(19)15-25)33(37)43-27-17-39-32-28(18-40-31(27)32)44-34(38)24-8-6-22-16-26(42-30(36)4-2)12-10-20(22)14-24/h3-16,27-28,31-32H,1-2,17-18H2/t27-,28?,31?,32?/m0/s1. The number of ether oxygens (including phenoxy) is 6. The maximum absolute atomic E-state index is 13.0. The number of rotatable bonds is 8. The van der Waals surface area contributed by atoms with Crippen LogP contribution in [0.1, 0.15) is 20.7 Å². The number of carbonyl (C=O) groups excluding carboxylic acids is 4. The Bertz CT molecular complexity index is 1690. The molecule has 0 N–H and O–H groups in total. The summed E-state index contributed by atoms with van der Waals surface area (Å²) in [5.74, 6) is -1.50. The molecule has 0 aliphatic carbocycles. The van der Waals surface area contributed by atoms with Crippen molar-refractivity contribution in [3.63, 3.8) is 0 Å². The molecule has 3 unspecified atom stereocenters. The Hall–Kier alpha value is -5.32. The van der Waals surface area contributed by atoms with Gasteiger partial charge in [-0.15, -0.1) is 0 Å². The average Bonchev–Trinajstić information content (AvgIpc) is 3.63. The third-order valence-electron chi connectivity index (χ3n) is 7.34. The predicted molar refractivity (Wildman–Crippen MR) is 157 cm³/mol. The molecule has 0 saturated carbocycles. The fourth-order valence-corrected chi connectivity index (χ4v) is 5.19. The van der Waals surface area contributed by atoms with Gasteiger partial charge in [0.15, 0.2) is 12.2 Å². The van der Waals surface area contributed by atoms with E-state index in [1.807, 2.05) is 0 Å². The average molecular weight is 595 g/mol. The maximum atomic E-state index is 13.0. The second-order valence-electron chi connectivity index (χ2n) is 10.2. The summed E-state index contributed by atoms with van der Waals surface area (Å²) < 4.78 is 33.5. The zero-order valence-electron chi connectivity index (χ0n) is 23.3. The molecule has 2 aliphatic heterocycles. The molecule has 0 spiro atoms. The lowest BCUT2D eigenvalue weighted by atomic mass is 10.1. The zero-order valence-corrected chi connectivity index (χ0v) is 23.3. The molecule has 10 nitrogen and oxygen atoms in total. The van der Waals surface area contributed by atoms with E-state index in [1.165, 1.54) is 0 Å². The first kappa shape index (κ1) is 28.8. The minimum atomic E-state index is -0.683. The van der Waals surface area contributed by atoms with Gasteiger partial charge in [-0.05, 0) is 70.1 Å². The zero-order chi connectivity index (χ0) is 30.8. The Morgan fingerprint density at radius 2 is 0.977 bits per heavy atom. The van der Waals surface area contributed by atoms with Crippen molar-refractivity contribution < 1.29 is 47.6 Å². The summed E-state index contributed by atoms with van der Waals surface area (Å²) in [6.07, 6.45) is -0.388. The first-order valence-corrected chi connectivity index (χ1v) is 13.7. The summed E-state index contributed by atoms with van der Waals surface area (Å²) in [6.45, 7) is 6.95. The lowest BCUT2D eigenvalue weighted by molar-refractivity contribution is -0.129. The van der Waals surface area contributed by atoms with Crippen molar-refractivity contribution >= 4 is 45.4 Å². The Balaban J connectivity index is 1.07. The molecule has 6 rings (SSSR count). The highest BCUT2D eigenvalue weighted by atomic mass is 16.7. The van der Waals surface area contributed by atoms with Gasteiger partial charge >= 0.3 is 23.9 Å². The first-order valence-electron chi connectivity index (χ1n) is 13.7. The Labute approximate surface area is 251 Å². The monoisotopic (exact) mass is 594 g/mol. The molecule has 222 valence electrons. The van der Waals surface area contributed by atoms with E-state index in [9.17, 15) is 19.2 Å². The normalized spacial score (nSPS) is 20.5. The van der Waals surface area contributed by atoms with E-state index in [2.05, 4.69) is 13.2 Å². The number of fused-ring (bicyclic) bond motifs is 3. The molecule has 10 heteroatoms. The van der Waals surface area contributed by atoms with Crippen molar-refractivity contribution in [1.82, 2.24) is 0 Å². The fraction of sp³-hybridized carbons (Fsp3) is 0.176. The highest BCUT2D eigenvalue weighted by Crippen LogP contribution is 2.32. The summed E-state index contributed by atoms with van der Waals surface area (Å²) in [5.41, 5.74) is 0.667. The molecule has 0 aromatic heterocycles. The highest BCUT2D eigenvalue weighted by Gasteiger charge is 2.51. The second kappa shape index (κ2) is 12.1. The van der Waals surface area contributed by atoms with Gasteiger partial charge in [-0.2, -0.15) is 0 Å². The van der Waals surface area contributed by atoms with Gasteiger partial charge in [0.1, 0.15) is 23.7 Å². The lowest BCUT2D eigenvalue weighted by Gasteiger charge is -2.17. The number of esters is 4.